The number of aliphatic hydroxyl groups is 2. The number of hydrogen-bond donors (Lipinski definition) is 3. The maximum absolute atomic E-state index is 12.2. The molecule has 0 spiro atoms. The van der Waals surface area contributed by atoms with E-state index in [-0.39, 0.29) is 11.8 Å². The molecule has 1 aliphatic rings. The van der Waals surface area contributed by atoms with Crippen molar-refractivity contribution in [3.05, 3.63) is 71.3 Å². The summed E-state index contributed by atoms with van der Waals surface area (Å²) in [5, 5.41) is 22.1. The molecule has 1 aliphatic carbocycles. The number of carbonyl (C=O) groups excluding carboxylic acids is 1. The highest BCUT2D eigenvalue weighted by Gasteiger charge is 2.26. The molecule has 29 heavy (non-hydrogen) atoms. The van der Waals surface area contributed by atoms with Crippen LogP contribution in [0.2, 0.25) is 0 Å². The minimum Gasteiger partial charge on any atom is -0.393 e. The van der Waals surface area contributed by atoms with Crippen LogP contribution in [0.15, 0.2) is 54.6 Å². The van der Waals surface area contributed by atoms with Crippen LogP contribution in [0.3, 0.4) is 0 Å². The molecule has 2 aromatic rings. The lowest BCUT2D eigenvalue weighted by atomic mass is 9.91. The van der Waals surface area contributed by atoms with Crippen LogP contribution in [-0.2, 0) is 24.1 Å². The van der Waals surface area contributed by atoms with Crippen molar-refractivity contribution >= 4 is 5.91 Å². The number of fused-ring (bicyclic) bond motifs is 1. The summed E-state index contributed by atoms with van der Waals surface area (Å²) in [7, 11) is 0. The molecule has 0 saturated carbocycles. The quantitative estimate of drug-likeness (QED) is 0.618. The highest BCUT2D eigenvalue weighted by atomic mass is 16.3. The lowest BCUT2D eigenvalue weighted by Gasteiger charge is -2.25. The highest BCUT2D eigenvalue weighted by Crippen LogP contribution is 2.20. The van der Waals surface area contributed by atoms with Gasteiger partial charge in [0.15, 0.2) is 0 Å². The van der Waals surface area contributed by atoms with Gasteiger partial charge in [-0.15, -0.1) is 0 Å². The first kappa shape index (κ1) is 23.1. The molecule has 0 bridgehead atoms. The molecule has 1 unspecified atom stereocenters. The average Bonchev–Trinajstić information content (AvgIpc) is 3.16. The van der Waals surface area contributed by atoms with E-state index >= 15 is 0 Å². The summed E-state index contributed by atoms with van der Waals surface area (Å²) < 4.78 is 0. The Labute approximate surface area is 175 Å². The summed E-state index contributed by atoms with van der Waals surface area (Å²) in [5.41, 5.74) is 2.94. The monoisotopic (exact) mass is 397 g/mol. The fraction of sp³-hybridized carbons (Fsp3) is 0.480. The molecular formula is C25H35NO3. The number of aliphatic hydroxyl groups excluding tert-OH is 1. The van der Waals surface area contributed by atoms with Gasteiger partial charge in [0.25, 0.3) is 0 Å². The fourth-order valence-electron chi connectivity index (χ4n) is 3.59. The molecule has 0 aliphatic heterocycles. The van der Waals surface area contributed by atoms with E-state index in [4.69, 9.17) is 0 Å². The summed E-state index contributed by atoms with van der Waals surface area (Å²) in [4.78, 5) is 12.2. The van der Waals surface area contributed by atoms with Gasteiger partial charge in [-0.2, -0.15) is 0 Å². The van der Waals surface area contributed by atoms with E-state index in [9.17, 15) is 15.0 Å². The highest BCUT2D eigenvalue weighted by molar-refractivity contribution is 5.79. The molecule has 2 atom stereocenters. The van der Waals surface area contributed by atoms with Crippen LogP contribution < -0.4 is 5.32 Å². The summed E-state index contributed by atoms with van der Waals surface area (Å²) >= 11 is 0. The van der Waals surface area contributed by atoms with Crippen molar-refractivity contribution in [3.63, 3.8) is 0 Å². The first-order chi connectivity index (χ1) is 13.8. The SMILES string of the molecule is CC[C@@H](O)CC(Cc1ccccc1)C(=O)NC(C)(C)O.c1ccc2c(c1)CCC2. The number of benzene rings is 2. The van der Waals surface area contributed by atoms with Crippen LogP contribution in [0.25, 0.3) is 0 Å². The van der Waals surface area contributed by atoms with Crippen LogP contribution in [0.1, 0.15) is 56.7 Å². The first-order valence-electron chi connectivity index (χ1n) is 10.6. The lowest BCUT2D eigenvalue weighted by molar-refractivity contribution is -0.132. The number of nitrogens with one attached hydrogen (secondary N) is 1. The zero-order valence-corrected chi connectivity index (χ0v) is 17.9. The van der Waals surface area contributed by atoms with E-state index in [1.54, 1.807) is 11.1 Å². The normalized spacial score (nSPS) is 14.9. The smallest absolute Gasteiger partial charge is 0.225 e. The van der Waals surface area contributed by atoms with Gasteiger partial charge in [-0.1, -0.05) is 61.5 Å². The molecule has 0 heterocycles. The van der Waals surface area contributed by atoms with Crippen molar-refractivity contribution in [2.75, 3.05) is 0 Å². The van der Waals surface area contributed by atoms with Crippen molar-refractivity contribution in [1.82, 2.24) is 5.32 Å². The van der Waals surface area contributed by atoms with Crippen LogP contribution >= 0.6 is 0 Å². The molecule has 1 amide bonds. The van der Waals surface area contributed by atoms with Crippen LogP contribution in [0, 0.1) is 5.92 Å². The minimum absolute atomic E-state index is 0.228. The summed E-state index contributed by atoms with van der Waals surface area (Å²) in [5.74, 6) is -0.576. The third-order valence-electron chi connectivity index (χ3n) is 5.16. The number of aryl methyl sites for hydroxylation is 2. The summed E-state index contributed by atoms with van der Waals surface area (Å²) in [6, 6.07) is 18.4. The molecule has 3 N–H and O–H groups in total. The van der Waals surface area contributed by atoms with Gasteiger partial charge < -0.3 is 15.5 Å². The number of hydrogen-bond acceptors (Lipinski definition) is 3. The van der Waals surface area contributed by atoms with Gasteiger partial charge in [0, 0.05) is 5.92 Å². The zero-order valence-electron chi connectivity index (χ0n) is 17.9. The minimum atomic E-state index is -1.25. The van der Waals surface area contributed by atoms with Gasteiger partial charge >= 0.3 is 0 Å². The standard InChI is InChI=1S/C16H25NO3.C9H10/c1-4-14(18)11-13(15(19)17-16(2,3)20)10-12-8-6-5-7-9-12;1-2-5-9-7-3-6-8(9)4-1/h5-9,13-14,18,20H,4,10-11H2,1-3H3,(H,17,19);1-2,4-5H,3,6-7H2/t13?,14-;/m1./s1. The second kappa shape index (κ2) is 11.1. The van der Waals surface area contributed by atoms with E-state index in [1.165, 1.54) is 33.1 Å². The van der Waals surface area contributed by atoms with Crippen molar-refractivity contribution in [2.45, 2.75) is 71.1 Å². The molecule has 4 heteroatoms. The molecule has 0 saturated heterocycles. The maximum Gasteiger partial charge on any atom is 0.225 e. The van der Waals surface area contributed by atoms with Gasteiger partial charge in [0.1, 0.15) is 5.72 Å². The van der Waals surface area contributed by atoms with Crippen LogP contribution in [0.4, 0.5) is 0 Å². The summed E-state index contributed by atoms with van der Waals surface area (Å²) in [6.45, 7) is 4.94. The van der Waals surface area contributed by atoms with E-state index in [0.717, 1.165) is 5.56 Å². The van der Waals surface area contributed by atoms with Crippen LogP contribution in [0.5, 0.6) is 0 Å². The molecule has 0 fully saturated rings. The predicted molar refractivity (Wildman–Crippen MR) is 117 cm³/mol. The molecule has 3 rings (SSSR count). The van der Waals surface area contributed by atoms with E-state index < -0.39 is 11.8 Å². The molecule has 0 aromatic heterocycles. The topological polar surface area (TPSA) is 69.6 Å². The van der Waals surface area contributed by atoms with Gasteiger partial charge in [0.2, 0.25) is 5.91 Å². The van der Waals surface area contributed by atoms with Crippen molar-refractivity contribution in [1.29, 1.82) is 0 Å². The van der Waals surface area contributed by atoms with Gasteiger partial charge in [-0.05, 0) is 69.1 Å². The molecule has 0 radical (unpaired) electrons. The van der Waals surface area contributed by atoms with E-state index in [2.05, 4.69) is 29.6 Å². The number of rotatable bonds is 7. The largest absolute Gasteiger partial charge is 0.393 e. The van der Waals surface area contributed by atoms with Crippen molar-refractivity contribution in [2.24, 2.45) is 5.92 Å². The summed E-state index contributed by atoms with van der Waals surface area (Å²) in [6.07, 6.45) is 5.02. The Morgan fingerprint density at radius 1 is 1.03 bits per heavy atom. The second-order valence-corrected chi connectivity index (χ2v) is 8.35. The van der Waals surface area contributed by atoms with E-state index in [0.29, 0.717) is 19.3 Å². The predicted octanol–water partition coefficient (Wildman–Crippen LogP) is 4.03. The third kappa shape index (κ3) is 8.38. The van der Waals surface area contributed by atoms with Gasteiger partial charge in [0.05, 0.1) is 6.10 Å². The Hall–Kier alpha value is -2.17. The van der Waals surface area contributed by atoms with Gasteiger partial charge in [-0.25, -0.2) is 0 Å². The number of carbonyl (C=O) groups is 1. The van der Waals surface area contributed by atoms with Crippen LogP contribution in [-0.4, -0.2) is 27.9 Å². The second-order valence-electron chi connectivity index (χ2n) is 8.35. The van der Waals surface area contributed by atoms with Crippen molar-refractivity contribution in [3.8, 4) is 0 Å². The Morgan fingerprint density at radius 3 is 2.10 bits per heavy atom. The first-order valence-corrected chi connectivity index (χ1v) is 10.6. The Bertz CT molecular complexity index is 729. The molecule has 158 valence electrons. The van der Waals surface area contributed by atoms with E-state index in [1.807, 2.05) is 37.3 Å². The molecule has 4 nitrogen and oxygen atoms in total. The lowest BCUT2D eigenvalue weighted by Crippen LogP contribution is -2.47. The maximum atomic E-state index is 12.2. The zero-order chi connectivity index (χ0) is 21.3. The average molecular weight is 398 g/mol. The number of amides is 1. The molecular weight excluding hydrogens is 362 g/mol. The third-order valence-corrected chi connectivity index (χ3v) is 5.16. The Morgan fingerprint density at radius 2 is 1.59 bits per heavy atom. The molecule has 2 aromatic carbocycles. The Kier molecular flexibility index (Phi) is 8.87. The fourth-order valence-corrected chi connectivity index (χ4v) is 3.59. The van der Waals surface area contributed by atoms with Crippen molar-refractivity contribution < 1.29 is 15.0 Å². The Balaban J connectivity index is 0.000000272. The van der Waals surface area contributed by atoms with Gasteiger partial charge in [-0.3, -0.25) is 4.79 Å².